The summed E-state index contributed by atoms with van der Waals surface area (Å²) in [5.74, 6) is -0.268. The molecule has 1 amide bonds. The van der Waals surface area contributed by atoms with Crippen molar-refractivity contribution in [2.24, 2.45) is 0 Å². The van der Waals surface area contributed by atoms with Gasteiger partial charge in [-0.05, 0) is 63.6 Å². The van der Waals surface area contributed by atoms with Gasteiger partial charge in [0.25, 0.3) is 5.56 Å². The van der Waals surface area contributed by atoms with E-state index in [1.807, 2.05) is 24.1 Å². The van der Waals surface area contributed by atoms with E-state index in [-0.39, 0.29) is 29.9 Å². The van der Waals surface area contributed by atoms with E-state index in [4.69, 9.17) is 0 Å². The quantitative estimate of drug-likeness (QED) is 0.601. The molecule has 0 saturated carbocycles. The summed E-state index contributed by atoms with van der Waals surface area (Å²) in [7, 11) is 0. The van der Waals surface area contributed by atoms with Gasteiger partial charge in [0.05, 0.1) is 24.0 Å². The maximum Gasteiger partial charge on any atom is 0.264 e. The highest BCUT2D eigenvalue weighted by Gasteiger charge is 2.42. The minimum atomic E-state index is -1.11. The van der Waals surface area contributed by atoms with Crippen LogP contribution in [0.1, 0.15) is 33.1 Å². The van der Waals surface area contributed by atoms with Crippen molar-refractivity contribution in [3.63, 3.8) is 0 Å². The summed E-state index contributed by atoms with van der Waals surface area (Å²) >= 11 is 0. The fourth-order valence-electron chi connectivity index (χ4n) is 5.05. The SMILES string of the molecule is CC=CN1[C@@H](C(=O)N2CCC(O)(Cn3cnc4c(cnn4-c4ccc(F)cc4)c3=O)CC2)C[C@@H]1C. The van der Waals surface area contributed by atoms with Gasteiger partial charge in [0.2, 0.25) is 5.91 Å². The van der Waals surface area contributed by atoms with Gasteiger partial charge in [-0.25, -0.2) is 14.1 Å². The molecule has 35 heavy (non-hydrogen) atoms. The Bertz CT molecular complexity index is 1320. The average molecular weight is 481 g/mol. The number of nitrogens with zero attached hydrogens (tertiary/aromatic N) is 6. The molecular weight excluding hydrogens is 451 g/mol. The van der Waals surface area contributed by atoms with Crippen molar-refractivity contribution in [1.82, 2.24) is 29.1 Å². The van der Waals surface area contributed by atoms with Crippen LogP contribution in [0.5, 0.6) is 0 Å². The third kappa shape index (κ3) is 4.22. The Labute approximate surface area is 202 Å². The van der Waals surface area contributed by atoms with Crippen LogP contribution in [-0.2, 0) is 11.3 Å². The average Bonchev–Trinajstić information content (AvgIpc) is 3.28. The van der Waals surface area contributed by atoms with Crippen LogP contribution >= 0.6 is 0 Å². The lowest BCUT2D eigenvalue weighted by Gasteiger charge is -2.48. The minimum absolute atomic E-state index is 0.0870. The van der Waals surface area contributed by atoms with Crippen molar-refractivity contribution < 1.29 is 14.3 Å². The largest absolute Gasteiger partial charge is 0.388 e. The Kier molecular flexibility index (Phi) is 5.92. The van der Waals surface area contributed by atoms with Gasteiger partial charge in [-0.3, -0.25) is 14.2 Å². The maximum atomic E-state index is 13.3. The third-order valence-corrected chi connectivity index (χ3v) is 7.14. The monoisotopic (exact) mass is 480 g/mol. The molecule has 184 valence electrons. The van der Waals surface area contributed by atoms with Crippen LogP contribution < -0.4 is 5.56 Å². The molecule has 10 heteroatoms. The van der Waals surface area contributed by atoms with Crippen molar-refractivity contribution in [3.05, 3.63) is 65.2 Å². The van der Waals surface area contributed by atoms with Crippen molar-refractivity contribution in [3.8, 4) is 5.69 Å². The summed E-state index contributed by atoms with van der Waals surface area (Å²) in [6, 6.07) is 5.98. The summed E-state index contributed by atoms with van der Waals surface area (Å²) < 4.78 is 16.1. The highest BCUT2D eigenvalue weighted by molar-refractivity contribution is 5.83. The van der Waals surface area contributed by atoms with Gasteiger partial charge in [-0.1, -0.05) is 6.08 Å². The zero-order valence-corrected chi connectivity index (χ0v) is 19.8. The molecule has 9 nitrogen and oxygen atoms in total. The number of carbonyl (C=O) groups excluding carboxylic acids is 1. The van der Waals surface area contributed by atoms with Gasteiger partial charge in [0.1, 0.15) is 23.6 Å². The van der Waals surface area contributed by atoms with Crippen LogP contribution in [-0.4, -0.2) is 70.9 Å². The highest BCUT2D eigenvalue weighted by atomic mass is 19.1. The van der Waals surface area contributed by atoms with Gasteiger partial charge in [0.15, 0.2) is 5.65 Å². The summed E-state index contributed by atoms with van der Waals surface area (Å²) in [5.41, 5.74) is -0.458. The fourth-order valence-corrected chi connectivity index (χ4v) is 5.05. The van der Waals surface area contributed by atoms with Crippen LogP contribution in [0, 0.1) is 5.82 Å². The predicted molar refractivity (Wildman–Crippen MR) is 128 cm³/mol. The number of benzene rings is 1. The normalized spacial score (nSPS) is 22.1. The zero-order valence-electron chi connectivity index (χ0n) is 19.8. The minimum Gasteiger partial charge on any atom is -0.388 e. The second kappa shape index (κ2) is 8.92. The molecule has 2 aromatic heterocycles. The Morgan fingerprint density at radius 2 is 1.97 bits per heavy atom. The first kappa shape index (κ1) is 23.2. The molecular formula is C25H29FN6O3. The number of amides is 1. The molecule has 0 aliphatic carbocycles. The molecule has 2 aliphatic heterocycles. The van der Waals surface area contributed by atoms with Crippen molar-refractivity contribution >= 4 is 16.9 Å². The Hall–Kier alpha value is -3.53. The molecule has 0 unspecified atom stereocenters. The molecule has 2 fully saturated rings. The van der Waals surface area contributed by atoms with E-state index < -0.39 is 5.60 Å². The van der Waals surface area contributed by atoms with E-state index in [0.29, 0.717) is 48.7 Å². The highest BCUT2D eigenvalue weighted by Crippen LogP contribution is 2.30. The third-order valence-electron chi connectivity index (χ3n) is 7.14. The number of piperidine rings is 1. The number of hydrogen-bond donors (Lipinski definition) is 1. The molecule has 0 radical (unpaired) electrons. The smallest absolute Gasteiger partial charge is 0.264 e. The standard InChI is InChI=1S/C25H29FN6O3/c1-3-10-31-17(2)13-21(31)24(34)29-11-8-25(35,9-12-29)15-30-16-27-22-20(23(30)33)14-28-32(22)19-6-4-18(26)5-7-19/h3-7,10,14,16-17,21,35H,8-9,11-13,15H2,1-2H3/t17-,21+/m0/s1. The van der Waals surface area contributed by atoms with Crippen molar-refractivity contribution in [1.29, 1.82) is 0 Å². The van der Waals surface area contributed by atoms with Crippen molar-refractivity contribution in [2.45, 2.75) is 57.3 Å². The van der Waals surface area contributed by atoms with E-state index in [1.165, 1.54) is 33.9 Å². The molecule has 2 saturated heterocycles. The zero-order chi connectivity index (χ0) is 24.7. The van der Waals surface area contributed by atoms with Gasteiger partial charge >= 0.3 is 0 Å². The second-order valence-electron chi connectivity index (χ2n) is 9.53. The summed E-state index contributed by atoms with van der Waals surface area (Å²) in [5, 5.41) is 15.8. The lowest BCUT2D eigenvalue weighted by molar-refractivity contribution is -0.146. The second-order valence-corrected chi connectivity index (χ2v) is 9.53. The first-order valence-corrected chi connectivity index (χ1v) is 11.9. The molecule has 4 heterocycles. The molecule has 3 aromatic rings. The Balaban J connectivity index is 1.28. The van der Waals surface area contributed by atoms with Crippen LogP contribution in [0.25, 0.3) is 16.7 Å². The molecule has 0 spiro atoms. The molecule has 0 bridgehead atoms. The Morgan fingerprint density at radius 1 is 1.26 bits per heavy atom. The lowest BCUT2D eigenvalue weighted by Crippen LogP contribution is -2.61. The summed E-state index contributed by atoms with van der Waals surface area (Å²) in [6.45, 7) is 5.01. The van der Waals surface area contributed by atoms with E-state index in [0.717, 1.165) is 6.42 Å². The van der Waals surface area contributed by atoms with E-state index >= 15 is 0 Å². The first-order chi connectivity index (χ1) is 16.8. The number of aromatic nitrogens is 4. The van der Waals surface area contributed by atoms with Crippen molar-refractivity contribution in [2.75, 3.05) is 13.1 Å². The van der Waals surface area contributed by atoms with Gasteiger partial charge < -0.3 is 14.9 Å². The number of allylic oxidation sites excluding steroid dienone is 1. The van der Waals surface area contributed by atoms with Crippen LogP contribution in [0.4, 0.5) is 4.39 Å². The van der Waals surface area contributed by atoms with Crippen LogP contribution in [0.2, 0.25) is 0 Å². The maximum absolute atomic E-state index is 13.3. The van der Waals surface area contributed by atoms with E-state index in [1.54, 1.807) is 12.1 Å². The topological polar surface area (TPSA) is 96.5 Å². The number of halogens is 1. The number of carbonyl (C=O) groups is 1. The fraction of sp³-hybridized carbons (Fsp3) is 0.440. The van der Waals surface area contributed by atoms with E-state index in [2.05, 4.69) is 21.9 Å². The molecule has 5 rings (SSSR count). The van der Waals surface area contributed by atoms with E-state index in [9.17, 15) is 19.1 Å². The number of aliphatic hydroxyl groups is 1. The van der Waals surface area contributed by atoms with Gasteiger partial charge in [-0.2, -0.15) is 5.10 Å². The summed E-state index contributed by atoms with van der Waals surface area (Å²) in [4.78, 5) is 34.4. The van der Waals surface area contributed by atoms with Gasteiger partial charge in [-0.15, -0.1) is 0 Å². The molecule has 1 N–H and O–H groups in total. The number of likely N-dealkylation sites (tertiary alicyclic amines) is 2. The number of fused-ring (bicyclic) bond motifs is 1. The lowest BCUT2D eigenvalue weighted by atomic mass is 9.89. The summed E-state index contributed by atoms with van der Waals surface area (Å²) in [6.07, 6.45) is 8.34. The molecule has 1 aromatic carbocycles. The Morgan fingerprint density at radius 3 is 2.63 bits per heavy atom. The number of rotatable bonds is 5. The van der Waals surface area contributed by atoms with Crippen LogP contribution in [0.15, 0.2) is 53.9 Å². The number of hydrogen-bond acceptors (Lipinski definition) is 6. The first-order valence-electron chi connectivity index (χ1n) is 11.9. The van der Waals surface area contributed by atoms with Crippen LogP contribution in [0.3, 0.4) is 0 Å². The molecule has 2 atom stereocenters. The van der Waals surface area contributed by atoms with Gasteiger partial charge in [0, 0.05) is 19.1 Å². The predicted octanol–water partition coefficient (Wildman–Crippen LogP) is 2.07. The molecule has 2 aliphatic rings.